The van der Waals surface area contributed by atoms with Crippen molar-refractivity contribution in [2.45, 2.75) is 130 Å². The largest absolute Gasteiger partial charge is 0.392 e. The highest BCUT2D eigenvalue weighted by atomic mass is 16.6. The van der Waals surface area contributed by atoms with Crippen LogP contribution in [0, 0.1) is 39.4 Å². The minimum absolute atomic E-state index is 0.00230. The average molecular weight is 471 g/mol. The molecule has 2 heterocycles. The molecule has 34 heavy (non-hydrogen) atoms. The standard InChI is InChI=1S/C30H46O4/c1-16-13-19(25-27(4,5)34-25)33-20-15-30(8)17(23(16)20)14-18(31)24-28(6)11-10-22(32)26(2,3)21(28)9-12-29(24,30)7/h16,18-21,24-25,31H,9-15H2,1-8H3/t16-,18+,19+,20+,21?,24?,25-,28+,29+,30+/m1/s1. The van der Waals surface area contributed by atoms with Gasteiger partial charge in [-0.1, -0.05) is 47.1 Å². The molecular weight excluding hydrogens is 424 g/mol. The molecule has 0 radical (unpaired) electrons. The Bertz CT molecular complexity index is 963. The van der Waals surface area contributed by atoms with Gasteiger partial charge in [-0.05, 0) is 91.9 Å². The number of ether oxygens (including phenoxy) is 2. The summed E-state index contributed by atoms with van der Waals surface area (Å²) < 4.78 is 12.8. The fraction of sp³-hybridized carbons (Fsp3) is 0.900. The Labute approximate surface area is 206 Å². The molecule has 0 bridgehead atoms. The third kappa shape index (κ3) is 2.74. The van der Waals surface area contributed by atoms with Crippen LogP contribution in [0.4, 0.5) is 0 Å². The number of fused-ring (bicyclic) bond motifs is 6. The topological polar surface area (TPSA) is 59.1 Å². The van der Waals surface area contributed by atoms with Gasteiger partial charge in [0.25, 0.3) is 0 Å². The molecule has 1 N–H and O–H groups in total. The highest BCUT2D eigenvalue weighted by Gasteiger charge is 2.70. The van der Waals surface area contributed by atoms with E-state index in [1.165, 1.54) is 11.1 Å². The Morgan fingerprint density at radius 2 is 1.71 bits per heavy atom. The van der Waals surface area contributed by atoms with Gasteiger partial charge in [-0.3, -0.25) is 4.79 Å². The van der Waals surface area contributed by atoms with Gasteiger partial charge in [0.2, 0.25) is 0 Å². The van der Waals surface area contributed by atoms with Crippen molar-refractivity contribution < 1.29 is 19.4 Å². The number of hydrogen-bond donors (Lipinski definition) is 1. The second-order valence-electron chi connectivity index (χ2n) is 14.8. The highest BCUT2D eigenvalue weighted by Crippen LogP contribution is 2.74. The molecule has 2 aliphatic heterocycles. The maximum atomic E-state index is 12.9. The Kier molecular flexibility index (Phi) is 4.72. The van der Waals surface area contributed by atoms with Crippen molar-refractivity contribution in [1.82, 2.24) is 0 Å². The Hall–Kier alpha value is -0.710. The van der Waals surface area contributed by atoms with Gasteiger partial charge >= 0.3 is 0 Å². The number of ketones is 1. The van der Waals surface area contributed by atoms with Crippen LogP contribution in [-0.2, 0) is 14.3 Å². The maximum Gasteiger partial charge on any atom is 0.138 e. The molecule has 4 heteroatoms. The molecule has 2 saturated heterocycles. The molecule has 5 fully saturated rings. The SMILES string of the molecule is C[C@@H]1C[C@@H]([C@H]2OC2(C)C)O[C@H]2C[C@@]3(C)C(=C12)C[C@H](O)C1[C@@]2(C)CCC(=O)C(C)(C)C2CC[C@@]13C. The van der Waals surface area contributed by atoms with E-state index in [9.17, 15) is 9.90 Å². The number of carbonyl (C=O) groups excluding carboxylic acids is 1. The average Bonchev–Trinajstić information content (AvgIpc) is 3.25. The number of Topliss-reactive ketones (excluding diaryl/α,β-unsaturated/α-hetero) is 1. The number of rotatable bonds is 1. The van der Waals surface area contributed by atoms with Crippen molar-refractivity contribution in [3.8, 4) is 0 Å². The molecule has 0 aromatic carbocycles. The summed E-state index contributed by atoms with van der Waals surface area (Å²) in [4.78, 5) is 12.9. The van der Waals surface area contributed by atoms with Crippen LogP contribution in [0.1, 0.15) is 100 Å². The Morgan fingerprint density at radius 1 is 1.03 bits per heavy atom. The monoisotopic (exact) mass is 470 g/mol. The molecule has 6 aliphatic rings. The number of aliphatic hydroxyl groups excluding tert-OH is 1. The van der Waals surface area contributed by atoms with Crippen molar-refractivity contribution >= 4 is 5.78 Å². The lowest BCUT2D eigenvalue weighted by atomic mass is 9.36. The zero-order valence-electron chi connectivity index (χ0n) is 22.7. The molecule has 2 unspecified atom stereocenters. The van der Waals surface area contributed by atoms with E-state index >= 15 is 0 Å². The molecule has 0 amide bonds. The zero-order chi connectivity index (χ0) is 24.6. The first-order valence-electron chi connectivity index (χ1n) is 13.9. The first-order chi connectivity index (χ1) is 15.7. The van der Waals surface area contributed by atoms with Crippen molar-refractivity contribution in [2.75, 3.05) is 0 Å². The zero-order valence-corrected chi connectivity index (χ0v) is 22.7. The molecule has 4 aliphatic carbocycles. The molecule has 10 atom stereocenters. The summed E-state index contributed by atoms with van der Waals surface area (Å²) in [7, 11) is 0. The highest BCUT2D eigenvalue weighted by molar-refractivity contribution is 5.85. The van der Waals surface area contributed by atoms with Gasteiger partial charge in [0.1, 0.15) is 11.9 Å². The maximum absolute atomic E-state index is 12.9. The minimum Gasteiger partial charge on any atom is -0.392 e. The van der Waals surface area contributed by atoms with Crippen molar-refractivity contribution in [3.05, 3.63) is 11.1 Å². The van der Waals surface area contributed by atoms with Crippen molar-refractivity contribution in [1.29, 1.82) is 0 Å². The number of epoxide rings is 1. The van der Waals surface area contributed by atoms with E-state index in [0.29, 0.717) is 24.0 Å². The summed E-state index contributed by atoms with van der Waals surface area (Å²) in [5.74, 6) is 1.47. The summed E-state index contributed by atoms with van der Waals surface area (Å²) in [5.41, 5.74) is 2.72. The van der Waals surface area contributed by atoms with Crippen molar-refractivity contribution in [2.24, 2.45) is 39.4 Å². The smallest absolute Gasteiger partial charge is 0.138 e. The summed E-state index contributed by atoms with van der Waals surface area (Å²) in [6, 6.07) is 0. The fourth-order valence-electron chi connectivity index (χ4n) is 10.6. The van der Waals surface area contributed by atoms with E-state index in [1.54, 1.807) is 0 Å². The normalized spacial score (nSPS) is 55.2. The predicted octanol–water partition coefficient (Wildman–Crippen LogP) is 5.86. The van der Waals surface area contributed by atoms with Gasteiger partial charge in [-0.15, -0.1) is 0 Å². The van der Waals surface area contributed by atoms with E-state index in [-0.39, 0.29) is 57.6 Å². The molecule has 0 aromatic heterocycles. The van der Waals surface area contributed by atoms with Gasteiger partial charge in [0, 0.05) is 11.8 Å². The van der Waals surface area contributed by atoms with E-state index < -0.39 is 0 Å². The second kappa shape index (κ2) is 6.78. The van der Waals surface area contributed by atoms with Crippen LogP contribution in [0.3, 0.4) is 0 Å². The molecular formula is C30H46O4. The van der Waals surface area contributed by atoms with Crippen LogP contribution in [0.2, 0.25) is 0 Å². The molecule has 0 aromatic rings. The van der Waals surface area contributed by atoms with Crippen LogP contribution < -0.4 is 0 Å². The lowest BCUT2D eigenvalue weighted by molar-refractivity contribution is -0.210. The van der Waals surface area contributed by atoms with E-state index in [2.05, 4.69) is 55.4 Å². The van der Waals surface area contributed by atoms with Crippen LogP contribution in [0.15, 0.2) is 11.1 Å². The Morgan fingerprint density at radius 3 is 2.35 bits per heavy atom. The molecule has 3 saturated carbocycles. The Balaban J connectivity index is 1.38. The first-order valence-corrected chi connectivity index (χ1v) is 13.9. The number of carbonyl (C=O) groups is 1. The third-order valence-corrected chi connectivity index (χ3v) is 12.5. The summed E-state index contributed by atoms with van der Waals surface area (Å²) >= 11 is 0. The number of aliphatic hydroxyl groups is 1. The first kappa shape index (κ1) is 23.7. The molecule has 6 rings (SSSR count). The van der Waals surface area contributed by atoms with Crippen molar-refractivity contribution in [3.63, 3.8) is 0 Å². The molecule has 4 nitrogen and oxygen atoms in total. The quantitative estimate of drug-likeness (QED) is 0.385. The van der Waals surface area contributed by atoms with E-state index in [1.807, 2.05) is 0 Å². The van der Waals surface area contributed by atoms with Gasteiger partial charge in [-0.25, -0.2) is 0 Å². The third-order valence-electron chi connectivity index (χ3n) is 12.5. The second-order valence-corrected chi connectivity index (χ2v) is 14.8. The van der Waals surface area contributed by atoms with Crippen LogP contribution in [0.5, 0.6) is 0 Å². The van der Waals surface area contributed by atoms with E-state index in [0.717, 1.165) is 38.5 Å². The predicted molar refractivity (Wildman–Crippen MR) is 132 cm³/mol. The van der Waals surface area contributed by atoms with Crippen LogP contribution in [0.25, 0.3) is 0 Å². The van der Waals surface area contributed by atoms with Crippen LogP contribution >= 0.6 is 0 Å². The van der Waals surface area contributed by atoms with Gasteiger partial charge in [0.05, 0.1) is 23.9 Å². The molecule has 190 valence electrons. The summed E-state index contributed by atoms with van der Waals surface area (Å²) in [6.07, 6.45) is 6.79. The van der Waals surface area contributed by atoms with Gasteiger partial charge < -0.3 is 14.6 Å². The minimum atomic E-state index is -0.341. The molecule has 0 spiro atoms. The summed E-state index contributed by atoms with van der Waals surface area (Å²) in [6.45, 7) is 18.5. The fourth-order valence-corrected chi connectivity index (χ4v) is 10.6. The lowest BCUT2D eigenvalue weighted by Gasteiger charge is -2.68. The summed E-state index contributed by atoms with van der Waals surface area (Å²) in [5, 5.41) is 11.9. The number of hydrogen-bond acceptors (Lipinski definition) is 4. The van der Waals surface area contributed by atoms with Gasteiger partial charge in [0.15, 0.2) is 0 Å². The van der Waals surface area contributed by atoms with Crippen LogP contribution in [-0.4, -0.2) is 40.9 Å². The van der Waals surface area contributed by atoms with E-state index in [4.69, 9.17) is 9.47 Å². The van der Waals surface area contributed by atoms with Gasteiger partial charge in [-0.2, -0.15) is 0 Å². The lowest BCUT2D eigenvalue weighted by Crippen LogP contribution is -2.65.